The lowest BCUT2D eigenvalue weighted by Gasteiger charge is -2.40. The summed E-state index contributed by atoms with van der Waals surface area (Å²) in [7, 11) is -3.17. The van der Waals surface area contributed by atoms with Crippen LogP contribution in [0.4, 0.5) is 0 Å². The van der Waals surface area contributed by atoms with Crippen LogP contribution in [0.3, 0.4) is 0 Å². The Morgan fingerprint density at radius 3 is 2.25 bits per heavy atom. The molecule has 36 heavy (non-hydrogen) atoms. The summed E-state index contributed by atoms with van der Waals surface area (Å²) in [5, 5.41) is 0. The largest absolute Gasteiger partial charge is 0.374 e. The average Bonchev–Trinajstić information content (AvgIpc) is 3.41. The Kier molecular flexibility index (Phi) is 6.49. The first-order valence-electron chi connectivity index (χ1n) is 13.3. The highest BCUT2D eigenvalue weighted by Crippen LogP contribution is 2.47. The predicted octanol–water partition coefficient (Wildman–Crippen LogP) is 5.59. The summed E-state index contributed by atoms with van der Waals surface area (Å²) in [6.45, 7) is 3.63. The number of piperidine rings is 1. The molecule has 2 fully saturated rings. The number of nitrogens with zero attached hydrogens (tertiary/aromatic N) is 1. The van der Waals surface area contributed by atoms with Gasteiger partial charge in [0.25, 0.3) is 0 Å². The normalized spacial score (nSPS) is 26.7. The summed E-state index contributed by atoms with van der Waals surface area (Å²) in [6, 6.07) is 29.1. The summed E-state index contributed by atoms with van der Waals surface area (Å²) in [5.74, 6) is 1.32. The highest BCUT2D eigenvalue weighted by atomic mass is 32.2. The first-order chi connectivity index (χ1) is 17.5. The second-order valence-corrected chi connectivity index (χ2v) is 13.0. The van der Waals surface area contributed by atoms with Crippen molar-refractivity contribution in [3.63, 3.8) is 0 Å². The van der Waals surface area contributed by atoms with E-state index in [9.17, 15) is 8.42 Å². The summed E-state index contributed by atoms with van der Waals surface area (Å²) in [6.07, 6.45) is 4.24. The highest BCUT2D eigenvalue weighted by Gasteiger charge is 2.48. The second-order valence-electron chi connectivity index (χ2n) is 11.0. The molecule has 1 saturated carbocycles. The lowest BCUT2D eigenvalue weighted by Crippen LogP contribution is -2.45. The fourth-order valence-corrected chi connectivity index (χ4v) is 9.15. The zero-order chi connectivity index (χ0) is 24.6. The summed E-state index contributed by atoms with van der Waals surface area (Å²) < 4.78 is 32.1. The molecule has 0 N–H and O–H groups in total. The molecule has 3 aliphatic rings. The minimum absolute atomic E-state index is 0.207. The van der Waals surface area contributed by atoms with E-state index in [0.29, 0.717) is 23.3 Å². The summed E-state index contributed by atoms with van der Waals surface area (Å²) in [5.41, 5.74) is 3.49. The molecule has 2 heterocycles. The van der Waals surface area contributed by atoms with Gasteiger partial charge in [-0.3, -0.25) is 0 Å². The molecule has 0 amide bonds. The molecule has 2 aliphatic heterocycles. The van der Waals surface area contributed by atoms with Gasteiger partial charge in [0.15, 0.2) is 9.84 Å². The number of rotatable bonds is 6. The Balaban J connectivity index is 1.14. The van der Waals surface area contributed by atoms with Gasteiger partial charge in [0, 0.05) is 12.0 Å². The molecule has 4 nitrogen and oxygen atoms in total. The lowest BCUT2D eigenvalue weighted by molar-refractivity contribution is 0.0405. The van der Waals surface area contributed by atoms with E-state index < -0.39 is 9.84 Å². The van der Waals surface area contributed by atoms with Crippen molar-refractivity contribution in [1.82, 2.24) is 4.90 Å². The molecule has 1 saturated heterocycles. The molecule has 5 heteroatoms. The van der Waals surface area contributed by atoms with E-state index in [1.165, 1.54) is 11.1 Å². The van der Waals surface area contributed by atoms with Crippen LogP contribution in [0.2, 0.25) is 0 Å². The first-order valence-corrected chi connectivity index (χ1v) is 14.9. The molecule has 3 aromatic rings. The van der Waals surface area contributed by atoms with E-state index in [2.05, 4.69) is 59.5 Å². The number of hydrogen-bond acceptors (Lipinski definition) is 4. The Hall–Kier alpha value is -2.47. The van der Waals surface area contributed by atoms with Crippen molar-refractivity contribution in [1.29, 1.82) is 0 Å². The summed E-state index contributed by atoms with van der Waals surface area (Å²) >= 11 is 0. The molecule has 3 aromatic carbocycles. The summed E-state index contributed by atoms with van der Waals surface area (Å²) in [4.78, 5) is 3.15. The van der Waals surface area contributed by atoms with Crippen LogP contribution in [0, 0.1) is 5.92 Å². The van der Waals surface area contributed by atoms with Crippen molar-refractivity contribution in [2.24, 2.45) is 5.92 Å². The predicted molar refractivity (Wildman–Crippen MR) is 143 cm³/mol. The highest BCUT2D eigenvalue weighted by molar-refractivity contribution is 7.91. The van der Waals surface area contributed by atoms with Gasteiger partial charge in [0.1, 0.15) is 0 Å². The molecule has 0 bridgehead atoms. The second kappa shape index (κ2) is 9.77. The van der Waals surface area contributed by atoms with Crippen LogP contribution < -0.4 is 0 Å². The molecule has 188 valence electrons. The smallest absolute Gasteiger partial charge is 0.179 e. The fourth-order valence-electron chi connectivity index (χ4n) is 6.91. The van der Waals surface area contributed by atoms with Crippen LogP contribution in [0.5, 0.6) is 0 Å². The van der Waals surface area contributed by atoms with Gasteiger partial charge < -0.3 is 9.64 Å². The van der Waals surface area contributed by atoms with E-state index in [0.717, 1.165) is 50.9 Å². The van der Waals surface area contributed by atoms with E-state index >= 15 is 0 Å². The molecule has 0 aromatic heterocycles. The molecule has 1 spiro atoms. The van der Waals surface area contributed by atoms with Crippen LogP contribution in [0.15, 0.2) is 89.8 Å². The first kappa shape index (κ1) is 23.9. The molecular weight excluding hydrogens is 466 g/mol. The van der Waals surface area contributed by atoms with Gasteiger partial charge in [-0.1, -0.05) is 78.9 Å². The molecule has 1 aliphatic carbocycles. The molecule has 0 radical (unpaired) electrons. The topological polar surface area (TPSA) is 46.6 Å². The number of likely N-dealkylation sites (tertiary alicyclic amines) is 1. The third-order valence-electron chi connectivity index (χ3n) is 8.77. The Morgan fingerprint density at radius 1 is 0.833 bits per heavy atom. The van der Waals surface area contributed by atoms with Crippen molar-refractivity contribution >= 4 is 9.84 Å². The Bertz CT molecular complexity index is 1280. The fraction of sp³-hybridized carbons (Fsp3) is 0.419. The maximum absolute atomic E-state index is 12.9. The maximum Gasteiger partial charge on any atom is 0.179 e. The van der Waals surface area contributed by atoms with Crippen molar-refractivity contribution in [3.8, 4) is 0 Å². The standard InChI is InChI=1S/C31H35NO3S/c33-36(34)23-31(29-13-7-8-14-30(29)36)15-17-32(18-16-31)21-26-19-27(35-22-24-9-3-1-4-10-24)20-28(26)25-11-5-2-6-12-25/h1-14,26-28H,15-23H2/t26-,27?,28-/m1/s1. The van der Waals surface area contributed by atoms with Crippen LogP contribution >= 0.6 is 0 Å². The van der Waals surface area contributed by atoms with Crippen LogP contribution in [0.25, 0.3) is 0 Å². The van der Waals surface area contributed by atoms with Crippen molar-refractivity contribution in [2.45, 2.75) is 54.6 Å². The quantitative estimate of drug-likeness (QED) is 0.442. The van der Waals surface area contributed by atoms with Gasteiger partial charge in [-0.05, 0) is 73.4 Å². The minimum atomic E-state index is -3.17. The Labute approximate surface area is 215 Å². The molecule has 3 atom stereocenters. The van der Waals surface area contributed by atoms with Gasteiger partial charge in [-0.25, -0.2) is 8.42 Å². The lowest BCUT2D eigenvalue weighted by atomic mass is 9.74. The van der Waals surface area contributed by atoms with Gasteiger partial charge in [-0.2, -0.15) is 0 Å². The van der Waals surface area contributed by atoms with E-state index in [4.69, 9.17) is 4.74 Å². The number of fused-ring (bicyclic) bond motifs is 2. The van der Waals surface area contributed by atoms with Crippen LogP contribution in [-0.4, -0.2) is 44.8 Å². The SMILES string of the molecule is O=S1(=O)CC2(CCN(C[C@H]3CC(OCc4ccccc4)C[C@@H]3c3ccccc3)CC2)c2ccccc21. The van der Waals surface area contributed by atoms with Crippen molar-refractivity contribution in [2.75, 3.05) is 25.4 Å². The van der Waals surface area contributed by atoms with Crippen LogP contribution in [0.1, 0.15) is 48.3 Å². The third kappa shape index (κ3) is 4.65. The van der Waals surface area contributed by atoms with Crippen molar-refractivity contribution < 1.29 is 13.2 Å². The van der Waals surface area contributed by atoms with Crippen molar-refractivity contribution in [3.05, 3.63) is 102 Å². The molecular formula is C31H35NO3S. The average molecular weight is 502 g/mol. The molecule has 6 rings (SSSR count). The van der Waals surface area contributed by atoms with Gasteiger partial charge >= 0.3 is 0 Å². The minimum Gasteiger partial charge on any atom is -0.374 e. The molecule has 1 unspecified atom stereocenters. The zero-order valence-electron chi connectivity index (χ0n) is 20.8. The third-order valence-corrected chi connectivity index (χ3v) is 10.7. The van der Waals surface area contributed by atoms with E-state index in [1.54, 1.807) is 6.07 Å². The maximum atomic E-state index is 12.9. The monoisotopic (exact) mass is 501 g/mol. The Morgan fingerprint density at radius 2 is 1.50 bits per heavy atom. The van der Waals surface area contributed by atoms with Gasteiger partial charge in [0.05, 0.1) is 23.4 Å². The van der Waals surface area contributed by atoms with Gasteiger partial charge in [-0.15, -0.1) is 0 Å². The van der Waals surface area contributed by atoms with Gasteiger partial charge in [0.2, 0.25) is 0 Å². The zero-order valence-corrected chi connectivity index (χ0v) is 21.6. The number of ether oxygens (including phenoxy) is 1. The number of sulfone groups is 1. The van der Waals surface area contributed by atoms with Crippen LogP contribution in [-0.2, 0) is 26.6 Å². The number of hydrogen-bond donors (Lipinski definition) is 0. The van der Waals surface area contributed by atoms with E-state index in [1.807, 2.05) is 24.3 Å². The number of benzene rings is 3. The van der Waals surface area contributed by atoms with E-state index in [-0.39, 0.29) is 17.3 Å².